The third-order valence-corrected chi connectivity index (χ3v) is 2.19. The second-order valence-corrected chi connectivity index (χ2v) is 3.31. The summed E-state index contributed by atoms with van der Waals surface area (Å²) in [7, 11) is 1.19. The molecule has 14 heavy (non-hydrogen) atoms. The van der Waals surface area contributed by atoms with E-state index in [1.807, 2.05) is 0 Å². The molecule has 0 aliphatic heterocycles. The summed E-state index contributed by atoms with van der Waals surface area (Å²) in [6.45, 7) is 4.91. The topological polar surface area (TPSA) is 63.6 Å². The van der Waals surface area contributed by atoms with E-state index < -0.39 is 17.4 Å². The van der Waals surface area contributed by atoms with Crippen molar-refractivity contribution in [3.05, 3.63) is 12.7 Å². The van der Waals surface area contributed by atoms with Crippen molar-refractivity contribution in [1.82, 2.24) is 0 Å². The number of rotatable bonds is 6. The van der Waals surface area contributed by atoms with E-state index in [4.69, 9.17) is 5.11 Å². The lowest BCUT2D eigenvalue weighted by Crippen LogP contribution is -2.37. The normalized spacial score (nSPS) is 14.1. The second-order valence-electron chi connectivity index (χ2n) is 3.31. The molecule has 1 N–H and O–H groups in total. The number of ether oxygens (including phenoxy) is 1. The average molecular weight is 200 g/mol. The summed E-state index contributed by atoms with van der Waals surface area (Å²) < 4.78 is 4.46. The number of carboxylic acids is 1. The van der Waals surface area contributed by atoms with Gasteiger partial charge >= 0.3 is 11.9 Å². The first-order valence-electron chi connectivity index (χ1n) is 4.41. The molecule has 0 aromatic carbocycles. The van der Waals surface area contributed by atoms with Gasteiger partial charge < -0.3 is 9.84 Å². The minimum Gasteiger partial charge on any atom is -0.480 e. The molecule has 0 spiro atoms. The third-order valence-electron chi connectivity index (χ3n) is 2.19. The largest absolute Gasteiger partial charge is 0.480 e. The molecule has 0 aromatic rings. The van der Waals surface area contributed by atoms with Crippen molar-refractivity contribution in [2.24, 2.45) is 5.41 Å². The van der Waals surface area contributed by atoms with Gasteiger partial charge in [-0.3, -0.25) is 9.59 Å². The molecule has 0 saturated carbocycles. The van der Waals surface area contributed by atoms with Crippen molar-refractivity contribution in [1.29, 1.82) is 0 Å². The highest BCUT2D eigenvalue weighted by Crippen LogP contribution is 2.26. The second kappa shape index (κ2) is 5.42. The first kappa shape index (κ1) is 12.7. The van der Waals surface area contributed by atoms with Gasteiger partial charge in [-0.2, -0.15) is 0 Å². The molecule has 0 amide bonds. The van der Waals surface area contributed by atoms with E-state index >= 15 is 0 Å². The molecule has 4 heteroatoms. The van der Waals surface area contributed by atoms with Crippen molar-refractivity contribution in [2.75, 3.05) is 7.11 Å². The fraction of sp³-hybridized carbons (Fsp3) is 0.600. The number of carboxylic acid groups (broad SMARTS) is 1. The number of carbonyl (C=O) groups excluding carboxylic acids is 1. The van der Waals surface area contributed by atoms with Crippen molar-refractivity contribution < 1.29 is 19.4 Å². The lowest BCUT2D eigenvalue weighted by atomic mass is 9.85. The summed E-state index contributed by atoms with van der Waals surface area (Å²) in [6, 6.07) is 0. The van der Waals surface area contributed by atoms with Crippen LogP contribution in [-0.2, 0) is 14.3 Å². The summed E-state index contributed by atoms with van der Waals surface area (Å²) in [5.41, 5.74) is -1.43. The van der Waals surface area contributed by atoms with E-state index in [1.165, 1.54) is 14.0 Å². The van der Waals surface area contributed by atoms with Crippen LogP contribution in [0.25, 0.3) is 0 Å². The molecule has 80 valence electrons. The molecule has 0 aliphatic carbocycles. The summed E-state index contributed by atoms with van der Waals surface area (Å²) in [4.78, 5) is 22.1. The SMILES string of the molecule is C=CCCCC(C)(C(=O)O)C(=O)OC. The Morgan fingerprint density at radius 1 is 1.57 bits per heavy atom. The van der Waals surface area contributed by atoms with Gasteiger partial charge in [0.05, 0.1) is 7.11 Å². The minimum absolute atomic E-state index is 0.265. The Kier molecular flexibility index (Phi) is 4.91. The Bertz CT molecular complexity index is 234. The fourth-order valence-electron chi connectivity index (χ4n) is 1.12. The van der Waals surface area contributed by atoms with Crippen LogP contribution in [0.5, 0.6) is 0 Å². The maximum atomic E-state index is 11.2. The average Bonchev–Trinajstić information content (AvgIpc) is 2.16. The van der Waals surface area contributed by atoms with Gasteiger partial charge in [-0.15, -0.1) is 6.58 Å². The quantitative estimate of drug-likeness (QED) is 0.306. The van der Waals surface area contributed by atoms with Crippen LogP contribution in [0.15, 0.2) is 12.7 Å². The molecule has 0 saturated heterocycles. The Morgan fingerprint density at radius 2 is 2.14 bits per heavy atom. The number of unbranched alkanes of at least 4 members (excludes halogenated alkanes) is 1. The lowest BCUT2D eigenvalue weighted by molar-refractivity contribution is -0.166. The van der Waals surface area contributed by atoms with Crippen LogP contribution in [0.1, 0.15) is 26.2 Å². The molecule has 0 rings (SSSR count). The summed E-state index contributed by atoms with van der Waals surface area (Å²) in [6.07, 6.45) is 3.27. The highest BCUT2D eigenvalue weighted by molar-refractivity contribution is 5.98. The van der Waals surface area contributed by atoms with E-state index in [1.54, 1.807) is 6.08 Å². The van der Waals surface area contributed by atoms with Gasteiger partial charge in [0, 0.05) is 0 Å². The van der Waals surface area contributed by atoms with E-state index in [0.717, 1.165) is 0 Å². The zero-order chi connectivity index (χ0) is 11.2. The maximum Gasteiger partial charge on any atom is 0.322 e. The van der Waals surface area contributed by atoms with Gasteiger partial charge in [0.15, 0.2) is 5.41 Å². The van der Waals surface area contributed by atoms with Crippen LogP contribution in [0.3, 0.4) is 0 Å². The van der Waals surface area contributed by atoms with Crippen molar-refractivity contribution in [3.8, 4) is 0 Å². The molecule has 0 bridgehead atoms. The summed E-state index contributed by atoms with van der Waals surface area (Å²) in [5, 5.41) is 8.91. The predicted molar refractivity (Wildman–Crippen MR) is 51.8 cm³/mol. The highest BCUT2D eigenvalue weighted by atomic mass is 16.5. The molecule has 0 aromatic heterocycles. The van der Waals surface area contributed by atoms with Gasteiger partial charge in [-0.05, 0) is 26.2 Å². The van der Waals surface area contributed by atoms with Crippen molar-refractivity contribution >= 4 is 11.9 Å². The number of allylic oxidation sites excluding steroid dienone is 1. The van der Waals surface area contributed by atoms with Crippen LogP contribution in [0.4, 0.5) is 0 Å². The molecule has 0 fully saturated rings. The Balaban J connectivity index is 4.47. The molecule has 0 aliphatic rings. The minimum atomic E-state index is -1.43. The Hall–Kier alpha value is -1.32. The highest BCUT2D eigenvalue weighted by Gasteiger charge is 2.41. The lowest BCUT2D eigenvalue weighted by Gasteiger charge is -2.21. The van der Waals surface area contributed by atoms with Gasteiger partial charge in [0.25, 0.3) is 0 Å². The van der Waals surface area contributed by atoms with E-state index in [-0.39, 0.29) is 6.42 Å². The zero-order valence-electron chi connectivity index (χ0n) is 8.58. The molecule has 1 atom stereocenters. The number of aliphatic carboxylic acids is 1. The molecule has 4 nitrogen and oxygen atoms in total. The fourth-order valence-corrected chi connectivity index (χ4v) is 1.12. The number of methoxy groups -OCH3 is 1. The summed E-state index contributed by atoms with van der Waals surface area (Å²) >= 11 is 0. The standard InChI is InChI=1S/C10H16O4/c1-4-5-6-7-10(2,8(11)12)9(13)14-3/h4H,1,5-7H2,2-3H3,(H,11,12). The first-order chi connectivity index (χ1) is 6.49. The van der Waals surface area contributed by atoms with Crippen molar-refractivity contribution in [3.63, 3.8) is 0 Å². The van der Waals surface area contributed by atoms with Crippen molar-refractivity contribution in [2.45, 2.75) is 26.2 Å². The maximum absolute atomic E-state index is 11.2. The van der Waals surface area contributed by atoms with Gasteiger partial charge in [-0.1, -0.05) is 6.08 Å². The number of hydrogen-bond donors (Lipinski definition) is 1. The van der Waals surface area contributed by atoms with Gasteiger partial charge in [0.1, 0.15) is 0 Å². The van der Waals surface area contributed by atoms with E-state index in [2.05, 4.69) is 11.3 Å². The van der Waals surface area contributed by atoms with Crippen LogP contribution in [0.2, 0.25) is 0 Å². The Morgan fingerprint density at radius 3 is 2.50 bits per heavy atom. The summed E-state index contributed by atoms with van der Waals surface area (Å²) in [5.74, 6) is -1.84. The molecule has 1 unspecified atom stereocenters. The van der Waals surface area contributed by atoms with Crippen LogP contribution in [0, 0.1) is 5.41 Å². The van der Waals surface area contributed by atoms with Gasteiger partial charge in [-0.25, -0.2) is 0 Å². The van der Waals surface area contributed by atoms with Crippen LogP contribution >= 0.6 is 0 Å². The molecule has 0 radical (unpaired) electrons. The molecular formula is C10H16O4. The Labute approximate surface area is 83.6 Å². The number of carbonyl (C=O) groups is 2. The predicted octanol–water partition coefficient (Wildman–Crippen LogP) is 1.61. The van der Waals surface area contributed by atoms with E-state index in [9.17, 15) is 9.59 Å². The van der Waals surface area contributed by atoms with E-state index in [0.29, 0.717) is 12.8 Å². The number of hydrogen-bond acceptors (Lipinski definition) is 3. The number of esters is 1. The zero-order valence-corrected chi connectivity index (χ0v) is 8.58. The first-order valence-corrected chi connectivity index (χ1v) is 4.41. The van der Waals surface area contributed by atoms with Gasteiger partial charge in [0.2, 0.25) is 0 Å². The third kappa shape index (κ3) is 2.87. The van der Waals surface area contributed by atoms with Crippen LogP contribution in [-0.4, -0.2) is 24.2 Å². The van der Waals surface area contributed by atoms with Crippen LogP contribution < -0.4 is 0 Å². The molecule has 0 heterocycles. The molecular weight excluding hydrogens is 184 g/mol. The monoisotopic (exact) mass is 200 g/mol. The smallest absolute Gasteiger partial charge is 0.322 e.